The lowest BCUT2D eigenvalue weighted by Crippen LogP contribution is -2.56. The minimum atomic E-state index is -5.08. The first-order valence-electron chi connectivity index (χ1n) is 10.3. The molecular formula is C21H24F3N3O6. The van der Waals surface area contributed by atoms with Crippen LogP contribution in [0.1, 0.15) is 35.4 Å². The Bertz CT molecular complexity index is 952. The largest absolute Gasteiger partial charge is 0.490 e. The van der Waals surface area contributed by atoms with Crippen molar-refractivity contribution in [3.05, 3.63) is 41.9 Å². The second kappa shape index (κ2) is 10.2. The number of carbonyl (C=O) groups excluding carboxylic acids is 1. The first kappa shape index (κ1) is 24.5. The van der Waals surface area contributed by atoms with Gasteiger partial charge >= 0.3 is 12.1 Å². The summed E-state index contributed by atoms with van der Waals surface area (Å²) in [6.07, 6.45) is 1.18. The number of rotatable bonds is 4. The highest BCUT2D eigenvalue weighted by atomic mass is 19.4. The average Bonchev–Trinajstić information content (AvgIpc) is 3.38. The van der Waals surface area contributed by atoms with Crippen molar-refractivity contribution in [2.24, 2.45) is 5.92 Å². The predicted molar refractivity (Wildman–Crippen MR) is 107 cm³/mol. The summed E-state index contributed by atoms with van der Waals surface area (Å²) in [5.41, 5.74) is 0.189. The third kappa shape index (κ3) is 6.01. The number of morpholine rings is 1. The van der Waals surface area contributed by atoms with Gasteiger partial charge in [-0.05, 0) is 32.3 Å². The molecule has 2 aliphatic rings. The van der Waals surface area contributed by atoms with Crippen molar-refractivity contribution >= 4 is 11.9 Å². The van der Waals surface area contributed by atoms with Crippen LogP contribution in [-0.2, 0) is 9.53 Å². The summed E-state index contributed by atoms with van der Waals surface area (Å²) in [4.78, 5) is 27.8. The number of halogens is 3. The zero-order valence-corrected chi connectivity index (χ0v) is 17.9. The molecule has 0 unspecified atom stereocenters. The van der Waals surface area contributed by atoms with E-state index < -0.39 is 12.1 Å². The molecule has 1 saturated heterocycles. The topological polar surface area (TPSA) is 115 Å². The minimum Gasteiger partial charge on any atom is -0.477 e. The van der Waals surface area contributed by atoms with Crippen LogP contribution < -0.4 is 4.74 Å². The summed E-state index contributed by atoms with van der Waals surface area (Å²) in [7, 11) is 0. The zero-order chi connectivity index (χ0) is 24.1. The molecule has 1 saturated carbocycles. The molecule has 3 heterocycles. The number of nitrogens with zero attached hydrogens (tertiary/aromatic N) is 3. The van der Waals surface area contributed by atoms with Crippen molar-refractivity contribution in [1.29, 1.82) is 0 Å². The van der Waals surface area contributed by atoms with Crippen molar-refractivity contribution < 1.29 is 41.9 Å². The molecule has 1 spiro atoms. The molecule has 0 bridgehead atoms. The van der Waals surface area contributed by atoms with Crippen LogP contribution in [-0.4, -0.2) is 70.1 Å². The highest BCUT2D eigenvalue weighted by Crippen LogP contribution is 2.41. The second-order valence-corrected chi connectivity index (χ2v) is 7.81. The Hall–Kier alpha value is -3.15. The molecule has 4 rings (SSSR count). The summed E-state index contributed by atoms with van der Waals surface area (Å²) < 4.78 is 48.9. The van der Waals surface area contributed by atoms with Gasteiger partial charge in [-0.2, -0.15) is 13.2 Å². The van der Waals surface area contributed by atoms with Crippen LogP contribution in [0.25, 0.3) is 0 Å². The van der Waals surface area contributed by atoms with E-state index in [1.807, 2.05) is 23.1 Å². The molecule has 1 amide bonds. The third-order valence-electron chi connectivity index (χ3n) is 5.69. The Morgan fingerprint density at radius 1 is 1.36 bits per heavy atom. The van der Waals surface area contributed by atoms with Crippen LogP contribution in [0.3, 0.4) is 0 Å². The molecule has 1 N–H and O–H groups in total. The normalized spacial score (nSPS) is 22.5. The number of alkyl halides is 3. The summed E-state index contributed by atoms with van der Waals surface area (Å²) in [6.45, 7) is 4.00. The number of hydrogen-bond acceptors (Lipinski definition) is 7. The summed E-state index contributed by atoms with van der Waals surface area (Å²) in [6, 6.07) is 5.63. The molecule has 2 fully saturated rings. The van der Waals surface area contributed by atoms with E-state index in [1.54, 1.807) is 13.1 Å². The molecule has 9 nitrogen and oxygen atoms in total. The molecule has 180 valence electrons. The second-order valence-electron chi connectivity index (χ2n) is 7.81. The van der Waals surface area contributed by atoms with Gasteiger partial charge < -0.3 is 24.0 Å². The van der Waals surface area contributed by atoms with Gasteiger partial charge in [0.15, 0.2) is 0 Å². The highest BCUT2D eigenvalue weighted by molar-refractivity contribution is 5.94. The monoisotopic (exact) mass is 471 g/mol. The SMILES string of the molecule is Cc1oncc1C(=O)N1CCO[C@]2(CCC[C@H]2COc2ccccn2)C1.O=C(O)C(F)(F)F. The third-order valence-corrected chi connectivity index (χ3v) is 5.69. The Morgan fingerprint density at radius 2 is 2.12 bits per heavy atom. The molecule has 2 aromatic rings. The Morgan fingerprint density at radius 3 is 2.73 bits per heavy atom. The molecule has 0 aromatic carbocycles. The fourth-order valence-electron chi connectivity index (χ4n) is 4.02. The maximum Gasteiger partial charge on any atom is 0.490 e. The van der Waals surface area contributed by atoms with Crippen LogP contribution >= 0.6 is 0 Å². The lowest BCUT2D eigenvalue weighted by molar-refractivity contribution is -0.192. The average molecular weight is 471 g/mol. The van der Waals surface area contributed by atoms with E-state index in [-0.39, 0.29) is 17.4 Å². The van der Waals surface area contributed by atoms with Crippen LogP contribution in [0.15, 0.2) is 35.1 Å². The number of aliphatic carboxylic acids is 1. The van der Waals surface area contributed by atoms with Gasteiger partial charge in [0.25, 0.3) is 5.91 Å². The molecule has 0 radical (unpaired) electrons. The Labute approximate surface area is 187 Å². The maximum absolute atomic E-state index is 12.8. The molecule has 2 atom stereocenters. The van der Waals surface area contributed by atoms with E-state index in [0.29, 0.717) is 43.5 Å². The van der Waals surface area contributed by atoms with Crippen molar-refractivity contribution in [2.75, 3.05) is 26.3 Å². The highest BCUT2D eigenvalue weighted by Gasteiger charge is 2.48. The fourth-order valence-corrected chi connectivity index (χ4v) is 4.02. The molecule has 1 aliphatic carbocycles. The smallest absolute Gasteiger partial charge is 0.477 e. The van der Waals surface area contributed by atoms with Gasteiger partial charge in [0.1, 0.15) is 11.3 Å². The van der Waals surface area contributed by atoms with Gasteiger partial charge in [0.2, 0.25) is 5.88 Å². The molecule has 2 aromatic heterocycles. The van der Waals surface area contributed by atoms with Gasteiger partial charge in [-0.1, -0.05) is 11.2 Å². The van der Waals surface area contributed by atoms with Crippen LogP contribution in [0, 0.1) is 12.8 Å². The fraction of sp³-hybridized carbons (Fsp3) is 0.524. The van der Waals surface area contributed by atoms with E-state index in [1.165, 1.54) is 6.20 Å². The zero-order valence-electron chi connectivity index (χ0n) is 17.9. The number of carbonyl (C=O) groups is 2. The first-order valence-corrected chi connectivity index (χ1v) is 10.3. The number of hydrogen-bond donors (Lipinski definition) is 1. The first-order chi connectivity index (χ1) is 15.6. The predicted octanol–water partition coefficient (Wildman–Crippen LogP) is 3.10. The van der Waals surface area contributed by atoms with Crippen molar-refractivity contribution in [1.82, 2.24) is 15.0 Å². The van der Waals surface area contributed by atoms with Gasteiger partial charge in [0, 0.05) is 24.7 Å². The van der Waals surface area contributed by atoms with Gasteiger partial charge in [-0.15, -0.1) is 0 Å². The van der Waals surface area contributed by atoms with Crippen LogP contribution in [0.2, 0.25) is 0 Å². The standard InChI is InChI=1S/C19H23N3O4.C2HF3O2/c1-14-16(11-21-26-14)18(23)22-9-10-25-19(13-22)7-4-5-15(19)12-24-17-6-2-3-8-20-17;3-2(4,5)1(6)7/h2-3,6,8,11,15H,4-5,7,9-10,12-13H2,1H3;(H,6,7)/t15-,19+;/m0./s1. The maximum atomic E-state index is 12.8. The number of amides is 1. The number of aromatic nitrogens is 2. The van der Waals surface area contributed by atoms with E-state index in [4.69, 9.17) is 23.9 Å². The van der Waals surface area contributed by atoms with Gasteiger partial charge in [-0.3, -0.25) is 4.79 Å². The van der Waals surface area contributed by atoms with Gasteiger partial charge in [-0.25, -0.2) is 9.78 Å². The summed E-state index contributed by atoms with van der Waals surface area (Å²) >= 11 is 0. The quantitative estimate of drug-likeness (QED) is 0.724. The Balaban J connectivity index is 0.000000383. The number of carboxylic acid groups (broad SMARTS) is 1. The lowest BCUT2D eigenvalue weighted by Gasteiger charge is -2.43. The number of carboxylic acids is 1. The van der Waals surface area contributed by atoms with Crippen molar-refractivity contribution in [2.45, 2.75) is 38.0 Å². The van der Waals surface area contributed by atoms with Gasteiger partial charge in [0.05, 0.1) is 31.6 Å². The summed E-state index contributed by atoms with van der Waals surface area (Å²) in [5.74, 6) is -1.38. The molecular weight excluding hydrogens is 447 g/mol. The molecule has 1 aliphatic heterocycles. The van der Waals surface area contributed by atoms with Crippen molar-refractivity contribution in [3.63, 3.8) is 0 Å². The minimum absolute atomic E-state index is 0.0391. The number of pyridine rings is 1. The number of ether oxygens (including phenoxy) is 2. The van der Waals surface area contributed by atoms with Crippen LogP contribution in [0.4, 0.5) is 13.2 Å². The molecule has 12 heteroatoms. The Kier molecular flexibility index (Phi) is 7.57. The van der Waals surface area contributed by atoms with Crippen LogP contribution in [0.5, 0.6) is 5.88 Å². The number of aryl methyl sites for hydroxylation is 1. The van der Waals surface area contributed by atoms with E-state index in [2.05, 4.69) is 10.1 Å². The summed E-state index contributed by atoms with van der Waals surface area (Å²) in [5, 5.41) is 10.8. The van der Waals surface area contributed by atoms with Crippen molar-refractivity contribution in [3.8, 4) is 5.88 Å². The van der Waals surface area contributed by atoms with E-state index >= 15 is 0 Å². The van der Waals surface area contributed by atoms with E-state index in [0.717, 1.165) is 19.3 Å². The molecule has 33 heavy (non-hydrogen) atoms. The van der Waals surface area contributed by atoms with E-state index in [9.17, 15) is 18.0 Å². The lowest BCUT2D eigenvalue weighted by atomic mass is 9.89.